The van der Waals surface area contributed by atoms with Gasteiger partial charge in [0.2, 0.25) is 5.91 Å². The zero-order valence-corrected chi connectivity index (χ0v) is 13.6. The van der Waals surface area contributed by atoms with E-state index in [9.17, 15) is 9.59 Å². The Labute approximate surface area is 132 Å². The summed E-state index contributed by atoms with van der Waals surface area (Å²) in [5, 5.41) is 2.64. The lowest BCUT2D eigenvalue weighted by molar-refractivity contribution is -0.137. The van der Waals surface area contributed by atoms with Crippen molar-refractivity contribution in [2.24, 2.45) is 5.92 Å². The molecule has 1 heterocycles. The number of rotatable bonds is 4. The molecule has 0 spiro atoms. The summed E-state index contributed by atoms with van der Waals surface area (Å²) < 4.78 is 6.45. The van der Waals surface area contributed by atoms with Gasteiger partial charge in [-0.1, -0.05) is 15.9 Å². The van der Waals surface area contributed by atoms with Gasteiger partial charge in [0.25, 0.3) is 5.91 Å². The maximum absolute atomic E-state index is 12.2. The highest BCUT2D eigenvalue weighted by molar-refractivity contribution is 9.10. The molecule has 1 saturated heterocycles. The second kappa shape index (κ2) is 7.45. The van der Waals surface area contributed by atoms with E-state index in [-0.39, 0.29) is 24.3 Å². The molecule has 2 amide bonds. The first-order chi connectivity index (χ1) is 10.1. The summed E-state index contributed by atoms with van der Waals surface area (Å²) in [6.07, 6.45) is 1.68. The molecule has 2 rings (SSSR count). The lowest BCUT2D eigenvalue weighted by atomic mass is 9.97. The second-order valence-corrected chi connectivity index (χ2v) is 5.95. The molecule has 21 heavy (non-hydrogen) atoms. The number of hydrogen-bond donors (Lipinski definition) is 1. The third kappa shape index (κ3) is 4.46. The molecule has 0 saturated carbocycles. The molecule has 0 aliphatic carbocycles. The minimum atomic E-state index is -0.111. The molecule has 1 atom stereocenters. The number of ether oxygens (including phenoxy) is 1. The monoisotopic (exact) mass is 354 g/mol. The number of hydrogen-bond acceptors (Lipinski definition) is 3. The van der Waals surface area contributed by atoms with Gasteiger partial charge in [0.15, 0.2) is 6.61 Å². The van der Waals surface area contributed by atoms with E-state index in [4.69, 9.17) is 4.74 Å². The van der Waals surface area contributed by atoms with Gasteiger partial charge in [-0.3, -0.25) is 9.59 Å². The summed E-state index contributed by atoms with van der Waals surface area (Å²) in [5.41, 5.74) is 0. The zero-order chi connectivity index (χ0) is 15.2. The highest BCUT2D eigenvalue weighted by atomic mass is 79.9. The Hall–Kier alpha value is -1.56. The van der Waals surface area contributed by atoms with Crippen molar-refractivity contribution < 1.29 is 14.3 Å². The van der Waals surface area contributed by atoms with E-state index in [1.807, 2.05) is 12.1 Å². The Morgan fingerprint density at radius 2 is 2.10 bits per heavy atom. The second-order valence-electron chi connectivity index (χ2n) is 5.04. The molecule has 1 N–H and O–H groups in total. The number of nitrogens with one attached hydrogen (secondary N) is 1. The van der Waals surface area contributed by atoms with Crippen molar-refractivity contribution >= 4 is 27.7 Å². The summed E-state index contributed by atoms with van der Waals surface area (Å²) >= 11 is 3.35. The molecular weight excluding hydrogens is 336 g/mol. The molecule has 6 heteroatoms. The van der Waals surface area contributed by atoms with Gasteiger partial charge in [-0.2, -0.15) is 0 Å². The first-order valence-corrected chi connectivity index (χ1v) is 7.77. The van der Waals surface area contributed by atoms with Crippen LogP contribution >= 0.6 is 15.9 Å². The molecule has 1 fully saturated rings. The maximum atomic E-state index is 12.2. The largest absolute Gasteiger partial charge is 0.484 e. The number of piperidine rings is 1. The van der Waals surface area contributed by atoms with Gasteiger partial charge in [-0.05, 0) is 37.1 Å². The first-order valence-electron chi connectivity index (χ1n) is 6.98. The lowest BCUT2D eigenvalue weighted by Gasteiger charge is -2.31. The van der Waals surface area contributed by atoms with Crippen molar-refractivity contribution in [1.29, 1.82) is 0 Å². The highest BCUT2D eigenvalue weighted by Gasteiger charge is 2.27. The molecule has 1 aliphatic heterocycles. The van der Waals surface area contributed by atoms with Crippen molar-refractivity contribution in [1.82, 2.24) is 10.2 Å². The van der Waals surface area contributed by atoms with Crippen LogP contribution in [0.1, 0.15) is 12.8 Å². The normalized spacial score (nSPS) is 18.2. The van der Waals surface area contributed by atoms with Gasteiger partial charge in [0, 0.05) is 24.6 Å². The smallest absolute Gasteiger partial charge is 0.260 e. The molecule has 1 unspecified atom stereocenters. The van der Waals surface area contributed by atoms with Gasteiger partial charge in [-0.15, -0.1) is 0 Å². The van der Waals surface area contributed by atoms with Crippen molar-refractivity contribution in [3.8, 4) is 5.75 Å². The summed E-state index contributed by atoms with van der Waals surface area (Å²) in [4.78, 5) is 25.5. The third-order valence-electron chi connectivity index (χ3n) is 3.57. The molecule has 1 aliphatic rings. The Morgan fingerprint density at radius 3 is 2.76 bits per heavy atom. The fraction of sp³-hybridized carbons (Fsp3) is 0.467. The van der Waals surface area contributed by atoms with Crippen LogP contribution in [-0.2, 0) is 9.59 Å². The number of benzene rings is 1. The van der Waals surface area contributed by atoms with Gasteiger partial charge >= 0.3 is 0 Å². The van der Waals surface area contributed by atoms with Crippen molar-refractivity contribution in [2.75, 3.05) is 26.7 Å². The SMILES string of the molecule is CNC(=O)C1CCCN(C(=O)COc2ccc(Br)cc2)C1. The Kier molecular flexibility index (Phi) is 5.61. The van der Waals surface area contributed by atoms with Crippen molar-refractivity contribution in [2.45, 2.75) is 12.8 Å². The predicted octanol–water partition coefficient (Wildman–Crippen LogP) is 1.81. The van der Waals surface area contributed by atoms with E-state index in [1.165, 1.54) is 0 Å². The number of carbonyl (C=O) groups is 2. The number of carbonyl (C=O) groups excluding carboxylic acids is 2. The van der Waals surface area contributed by atoms with Gasteiger partial charge in [0.05, 0.1) is 5.92 Å². The van der Waals surface area contributed by atoms with Crippen LogP contribution in [0.2, 0.25) is 0 Å². The van der Waals surface area contributed by atoms with Crippen LogP contribution in [0.3, 0.4) is 0 Å². The lowest BCUT2D eigenvalue weighted by Crippen LogP contribution is -2.46. The zero-order valence-electron chi connectivity index (χ0n) is 12.0. The summed E-state index contributed by atoms with van der Waals surface area (Å²) in [7, 11) is 1.62. The van der Waals surface area contributed by atoms with Crippen LogP contribution in [0.15, 0.2) is 28.7 Å². The van der Waals surface area contributed by atoms with Crippen LogP contribution in [-0.4, -0.2) is 43.5 Å². The van der Waals surface area contributed by atoms with E-state index in [0.29, 0.717) is 18.8 Å². The number of nitrogens with zero attached hydrogens (tertiary/aromatic N) is 1. The van der Waals surface area contributed by atoms with E-state index < -0.39 is 0 Å². The Bertz CT molecular complexity index is 504. The molecule has 1 aromatic rings. The van der Waals surface area contributed by atoms with Crippen molar-refractivity contribution in [3.63, 3.8) is 0 Å². The summed E-state index contributed by atoms with van der Waals surface area (Å²) in [6, 6.07) is 7.34. The number of amides is 2. The average molecular weight is 355 g/mol. The van der Waals surface area contributed by atoms with Crippen molar-refractivity contribution in [3.05, 3.63) is 28.7 Å². The Morgan fingerprint density at radius 1 is 1.38 bits per heavy atom. The minimum Gasteiger partial charge on any atom is -0.484 e. The van der Waals surface area contributed by atoms with E-state index in [0.717, 1.165) is 17.3 Å². The standard InChI is InChI=1S/C15H19BrN2O3/c1-17-15(20)11-3-2-8-18(9-11)14(19)10-21-13-6-4-12(16)5-7-13/h4-7,11H,2-3,8-10H2,1H3,(H,17,20). The molecule has 0 radical (unpaired) electrons. The maximum Gasteiger partial charge on any atom is 0.260 e. The summed E-state index contributed by atoms with van der Waals surface area (Å²) in [6.45, 7) is 1.17. The van der Waals surface area contributed by atoms with Crippen LogP contribution in [0.5, 0.6) is 5.75 Å². The van der Waals surface area contributed by atoms with E-state index >= 15 is 0 Å². The van der Waals surface area contributed by atoms with Gasteiger partial charge in [0.1, 0.15) is 5.75 Å². The average Bonchev–Trinajstić information content (AvgIpc) is 2.53. The molecule has 0 aromatic heterocycles. The van der Waals surface area contributed by atoms with E-state index in [1.54, 1.807) is 24.1 Å². The molecular formula is C15H19BrN2O3. The van der Waals surface area contributed by atoms with E-state index in [2.05, 4.69) is 21.2 Å². The van der Waals surface area contributed by atoms with Crippen LogP contribution < -0.4 is 10.1 Å². The molecule has 0 bridgehead atoms. The summed E-state index contributed by atoms with van der Waals surface area (Å²) in [5.74, 6) is 0.472. The highest BCUT2D eigenvalue weighted by Crippen LogP contribution is 2.18. The van der Waals surface area contributed by atoms with Gasteiger partial charge < -0.3 is 15.0 Å². The third-order valence-corrected chi connectivity index (χ3v) is 4.10. The predicted molar refractivity (Wildman–Crippen MR) is 83.0 cm³/mol. The van der Waals surface area contributed by atoms with Gasteiger partial charge in [-0.25, -0.2) is 0 Å². The number of halogens is 1. The first kappa shape index (κ1) is 15.8. The fourth-order valence-electron chi connectivity index (χ4n) is 2.39. The topological polar surface area (TPSA) is 58.6 Å². The molecule has 1 aromatic carbocycles. The quantitative estimate of drug-likeness (QED) is 0.896. The van der Waals surface area contributed by atoms with Crippen LogP contribution in [0, 0.1) is 5.92 Å². The molecule has 114 valence electrons. The van der Waals surface area contributed by atoms with Crippen LogP contribution in [0.25, 0.3) is 0 Å². The number of likely N-dealkylation sites (tertiary alicyclic amines) is 1. The minimum absolute atomic E-state index is 0.00123. The van der Waals surface area contributed by atoms with Crippen LogP contribution in [0.4, 0.5) is 0 Å². The fourth-order valence-corrected chi connectivity index (χ4v) is 2.65. The Balaban J connectivity index is 1.85. The molecule has 5 nitrogen and oxygen atoms in total.